The van der Waals surface area contributed by atoms with E-state index in [2.05, 4.69) is 10.4 Å². The molecule has 0 aliphatic carbocycles. The molecule has 0 saturated heterocycles. The Labute approximate surface area is 143 Å². The summed E-state index contributed by atoms with van der Waals surface area (Å²) in [7, 11) is 0. The minimum absolute atomic E-state index is 0.0486. The van der Waals surface area contributed by atoms with Crippen molar-refractivity contribution in [2.75, 3.05) is 5.32 Å². The van der Waals surface area contributed by atoms with E-state index in [1.54, 1.807) is 10.9 Å². The predicted molar refractivity (Wildman–Crippen MR) is 89.7 cm³/mol. The zero-order valence-corrected chi connectivity index (χ0v) is 13.5. The van der Waals surface area contributed by atoms with Crippen molar-refractivity contribution in [1.82, 2.24) is 9.78 Å². The van der Waals surface area contributed by atoms with E-state index in [0.717, 1.165) is 29.4 Å². The van der Waals surface area contributed by atoms with Gasteiger partial charge in [-0.3, -0.25) is 4.79 Å². The average Bonchev–Trinajstić information content (AvgIpc) is 3.01. The molecule has 25 heavy (non-hydrogen) atoms. The van der Waals surface area contributed by atoms with Gasteiger partial charge in [-0.25, -0.2) is 13.5 Å². The fourth-order valence-corrected chi connectivity index (χ4v) is 3.16. The molecule has 2 aromatic carbocycles. The lowest BCUT2D eigenvalue weighted by atomic mass is 9.87. The third-order valence-electron chi connectivity index (χ3n) is 4.43. The summed E-state index contributed by atoms with van der Waals surface area (Å²) in [6.45, 7) is 1.98. The van der Waals surface area contributed by atoms with Crippen LogP contribution in [0.4, 0.5) is 14.6 Å². The number of anilines is 1. The summed E-state index contributed by atoms with van der Waals surface area (Å²) in [5, 5.41) is 7.15. The molecule has 1 atom stereocenters. The number of carbonyl (C=O) groups excluding carboxylic acids is 1. The SMILES string of the molecule is Cc1ccc(-n2ncc3c2NC(=O)C[C@H]3c2cc(F)ccc2F)cc1. The van der Waals surface area contributed by atoms with Crippen LogP contribution in [0.1, 0.15) is 29.0 Å². The number of fused-ring (bicyclic) bond motifs is 1. The Morgan fingerprint density at radius 3 is 2.64 bits per heavy atom. The van der Waals surface area contributed by atoms with Crippen LogP contribution in [0.15, 0.2) is 48.7 Å². The highest BCUT2D eigenvalue weighted by molar-refractivity contribution is 5.94. The first-order valence-corrected chi connectivity index (χ1v) is 7.92. The lowest BCUT2D eigenvalue weighted by molar-refractivity contribution is -0.116. The van der Waals surface area contributed by atoms with Gasteiger partial charge >= 0.3 is 0 Å². The van der Waals surface area contributed by atoms with E-state index < -0.39 is 17.6 Å². The summed E-state index contributed by atoms with van der Waals surface area (Å²) >= 11 is 0. The van der Waals surface area contributed by atoms with Crippen molar-refractivity contribution in [3.8, 4) is 5.69 Å². The zero-order valence-electron chi connectivity index (χ0n) is 13.5. The highest BCUT2D eigenvalue weighted by atomic mass is 19.1. The van der Waals surface area contributed by atoms with Crippen LogP contribution in [0.3, 0.4) is 0 Å². The maximum absolute atomic E-state index is 14.2. The Morgan fingerprint density at radius 1 is 1.12 bits per heavy atom. The molecule has 0 bridgehead atoms. The number of amides is 1. The minimum Gasteiger partial charge on any atom is -0.310 e. The van der Waals surface area contributed by atoms with Crippen LogP contribution < -0.4 is 5.32 Å². The van der Waals surface area contributed by atoms with E-state index in [0.29, 0.717) is 11.4 Å². The second-order valence-electron chi connectivity index (χ2n) is 6.17. The molecule has 0 radical (unpaired) electrons. The number of carbonyl (C=O) groups is 1. The molecule has 1 amide bonds. The summed E-state index contributed by atoms with van der Waals surface area (Å²) in [5.74, 6) is -1.40. The van der Waals surface area contributed by atoms with Gasteiger partial charge < -0.3 is 5.32 Å². The topological polar surface area (TPSA) is 46.9 Å². The van der Waals surface area contributed by atoms with Crippen molar-refractivity contribution < 1.29 is 13.6 Å². The molecule has 0 saturated carbocycles. The van der Waals surface area contributed by atoms with Crippen molar-refractivity contribution in [2.45, 2.75) is 19.3 Å². The van der Waals surface area contributed by atoms with Crippen molar-refractivity contribution in [3.63, 3.8) is 0 Å². The fourth-order valence-electron chi connectivity index (χ4n) is 3.16. The van der Waals surface area contributed by atoms with Gasteiger partial charge in [-0.05, 0) is 42.8 Å². The second-order valence-corrected chi connectivity index (χ2v) is 6.17. The maximum Gasteiger partial charge on any atom is 0.226 e. The fraction of sp³-hybridized carbons (Fsp3) is 0.158. The zero-order chi connectivity index (χ0) is 17.6. The van der Waals surface area contributed by atoms with Gasteiger partial charge in [0.05, 0.1) is 11.9 Å². The average molecular weight is 339 g/mol. The molecular weight excluding hydrogens is 324 g/mol. The van der Waals surface area contributed by atoms with E-state index in [1.165, 1.54) is 0 Å². The predicted octanol–water partition coefficient (Wildman–Crippen LogP) is 3.93. The van der Waals surface area contributed by atoms with Gasteiger partial charge in [0, 0.05) is 17.9 Å². The van der Waals surface area contributed by atoms with Crippen molar-refractivity contribution in [2.24, 2.45) is 0 Å². The van der Waals surface area contributed by atoms with Crippen LogP contribution in [0.25, 0.3) is 5.69 Å². The quantitative estimate of drug-likeness (QED) is 0.769. The van der Waals surface area contributed by atoms with Gasteiger partial charge in [0.1, 0.15) is 17.5 Å². The van der Waals surface area contributed by atoms with Crippen LogP contribution in [-0.4, -0.2) is 15.7 Å². The summed E-state index contributed by atoms with van der Waals surface area (Å²) < 4.78 is 29.4. The Kier molecular flexibility index (Phi) is 3.60. The van der Waals surface area contributed by atoms with Crippen LogP contribution >= 0.6 is 0 Å². The van der Waals surface area contributed by atoms with E-state index in [9.17, 15) is 13.6 Å². The van der Waals surface area contributed by atoms with E-state index in [-0.39, 0.29) is 17.9 Å². The molecule has 2 heterocycles. The molecule has 3 aromatic rings. The largest absolute Gasteiger partial charge is 0.310 e. The summed E-state index contributed by atoms with van der Waals surface area (Å²) in [5.41, 5.74) is 2.73. The highest BCUT2D eigenvalue weighted by Gasteiger charge is 2.32. The van der Waals surface area contributed by atoms with E-state index in [4.69, 9.17) is 0 Å². The van der Waals surface area contributed by atoms with Crippen LogP contribution in [-0.2, 0) is 4.79 Å². The smallest absolute Gasteiger partial charge is 0.226 e. The van der Waals surface area contributed by atoms with Crippen molar-refractivity contribution >= 4 is 11.7 Å². The van der Waals surface area contributed by atoms with E-state index in [1.807, 2.05) is 31.2 Å². The number of aromatic nitrogens is 2. The molecule has 1 aliphatic heterocycles. The van der Waals surface area contributed by atoms with Crippen molar-refractivity contribution in [3.05, 3.63) is 77.0 Å². The van der Waals surface area contributed by atoms with Gasteiger partial charge in [0.2, 0.25) is 5.91 Å². The summed E-state index contributed by atoms with van der Waals surface area (Å²) in [6, 6.07) is 11.0. The number of nitrogens with one attached hydrogen (secondary N) is 1. The van der Waals surface area contributed by atoms with Gasteiger partial charge in [-0.2, -0.15) is 5.10 Å². The summed E-state index contributed by atoms with van der Waals surface area (Å²) in [4.78, 5) is 12.2. The standard InChI is InChI=1S/C19H15F2N3O/c1-11-2-5-13(6-3-11)24-19-16(10-22-24)14(9-18(25)23-19)15-8-12(20)4-7-17(15)21/h2-8,10,14H,9H2,1H3,(H,23,25)/t14-/m0/s1. The van der Waals surface area contributed by atoms with Crippen molar-refractivity contribution in [1.29, 1.82) is 0 Å². The first kappa shape index (κ1) is 15.5. The second kappa shape index (κ2) is 5.81. The molecule has 0 spiro atoms. The number of nitrogens with zero attached hydrogens (tertiary/aromatic N) is 2. The number of rotatable bonds is 2. The first-order chi connectivity index (χ1) is 12.0. The van der Waals surface area contributed by atoms with Crippen LogP contribution in [0.2, 0.25) is 0 Å². The molecule has 1 N–H and O–H groups in total. The van der Waals surface area contributed by atoms with E-state index >= 15 is 0 Å². The summed E-state index contributed by atoms with van der Waals surface area (Å²) in [6.07, 6.45) is 1.65. The molecule has 0 unspecified atom stereocenters. The third-order valence-corrected chi connectivity index (χ3v) is 4.43. The molecule has 1 aliphatic rings. The number of aryl methyl sites for hydroxylation is 1. The lowest BCUT2D eigenvalue weighted by Crippen LogP contribution is -2.25. The van der Waals surface area contributed by atoms with Gasteiger partial charge in [-0.15, -0.1) is 0 Å². The number of benzene rings is 2. The maximum atomic E-state index is 14.2. The number of hydrogen-bond donors (Lipinski definition) is 1. The van der Waals surface area contributed by atoms with Gasteiger partial charge in [0.15, 0.2) is 0 Å². The Morgan fingerprint density at radius 2 is 1.88 bits per heavy atom. The number of halogens is 2. The molecular formula is C19H15F2N3O. The van der Waals surface area contributed by atoms with Crippen LogP contribution in [0, 0.1) is 18.6 Å². The Balaban J connectivity index is 1.84. The first-order valence-electron chi connectivity index (χ1n) is 7.92. The molecule has 126 valence electrons. The molecule has 6 heteroatoms. The lowest BCUT2D eigenvalue weighted by Gasteiger charge is -2.24. The molecule has 4 nitrogen and oxygen atoms in total. The van der Waals surface area contributed by atoms with Gasteiger partial charge in [-0.1, -0.05) is 17.7 Å². The minimum atomic E-state index is -0.571. The number of hydrogen-bond acceptors (Lipinski definition) is 2. The normalized spacial score (nSPS) is 16.4. The monoisotopic (exact) mass is 339 g/mol. The van der Waals surface area contributed by atoms with Crippen LogP contribution in [0.5, 0.6) is 0 Å². The molecule has 1 aromatic heterocycles. The highest BCUT2D eigenvalue weighted by Crippen LogP contribution is 2.39. The molecule has 0 fully saturated rings. The Bertz CT molecular complexity index is 963. The third kappa shape index (κ3) is 2.69. The van der Waals surface area contributed by atoms with Gasteiger partial charge in [0.25, 0.3) is 0 Å². The Hall–Kier alpha value is -3.02. The molecule has 4 rings (SSSR count).